The number of rotatable bonds is 6. The van der Waals surface area contributed by atoms with Gasteiger partial charge >= 0.3 is 0 Å². The lowest BCUT2D eigenvalue weighted by Gasteiger charge is -2.23. The van der Waals surface area contributed by atoms with E-state index in [4.69, 9.17) is 5.73 Å². The molecule has 0 aliphatic rings. The van der Waals surface area contributed by atoms with Crippen molar-refractivity contribution in [1.29, 1.82) is 0 Å². The van der Waals surface area contributed by atoms with Gasteiger partial charge in [0.05, 0.1) is 0 Å². The van der Waals surface area contributed by atoms with Crippen LogP contribution in [0.5, 0.6) is 0 Å². The van der Waals surface area contributed by atoms with Crippen LogP contribution >= 0.6 is 0 Å². The van der Waals surface area contributed by atoms with Gasteiger partial charge in [0.2, 0.25) is 5.91 Å². The van der Waals surface area contributed by atoms with Gasteiger partial charge < -0.3 is 10.6 Å². The molecule has 3 nitrogen and oxygen atoms in total. The number of hydrogen-bond acceptors (Lipinski definition) is 2. The van der Waals surface area contributed by atoms with Crippen molar-refractivity contribution in [3.63, 3.8) is 0 Å². The fraction of sp³-hybridized carbons (Fsp3) is 0.900. The van der Waals surface area contributed by atoms with Gasteiger partial charge in [-0.25, -0.2) is 0 Å². The van der Waals surface area contributed by atoms with E-state index in [0.717, 1.165) is 19.5 Å². The predicted molar refractivity (Wildman–Crippen MR) is 55.4 cm³/mol. The Morgan fingerprint density at radius 3 is 2.46 bits per heavy atom. The molecule has 0 saturated carbocycles. The summed E-state index contributed by atoms with van der Waals surface area (Å²) in [6.07, 6.45) is 1.59. The van der Waals surface area contributed by atoms with Gasteiger partial charge in [-0.2, -0.15) is 0 Å². The lowest BCUT2D eigenvalue weighted by Crippen LogP contribution is -2.35. The van der Waals surface area contributed by atoms with Gasteiger partial charge in [0.1, 0.15) is 0 Å². The van der Waals surface area contributed by atoms with Gasteiger partial charge in [0.25, 0.3) is 0 Å². The number of amides is 1. The van der Waals surface area contributed by atoms with Gasteiger partial charge in [-0.15, -0.1) is 0 Å². The average molecular weight is 186 g/mol. The van der Waals surface area contributed by atoms with Crippen LogP contribution in [0.2, 0.25) is 0 Å². The molecule has 0 aliphatic carbocycles. The van der Waals surface area contributed by atoms with Crippen LogP contribution in [0.25, 0.3) is 0 Å². The fourth-order valence-electron chi connectivity index (χ4n) is 1.19. The summed E-state index contributed by atoms with van der Waals surface area (Å²) in [6, 6.07) is 0. The number of nitrogens with zero attached hydrogens (tertiary/aromatic N) is 1. The quantitative estimate of drug-likeness (QED) is 0.678. The fourth-order valence-corrected chi connectivity index (χ4v) is 1.19. The molecule has 0 aliphatic heterocycles. The summed E-state index contributed by atoms with van der Waals surface area (Å²) in [5.74, 6) is 0.770. The minimum Gasteiger partial charge on any atom is -0.343 e. The predicted octanol–water partition coefficient (Wildman–Crippen LogP) is 1.23. The molecule has 0 fully saturated rings. The number of nitrogens with two attached hydrogens (primary N) is 1. The third kappa shape index (κ3) is 4.88. The molecule has 0 heterocycles. The van der Waals surface area contributed by atoms with E-state index in [0.29, 0.717) is 18.9 Å². The third-order valence-electron chi connectivity index (χ3n) is 2.32. The Labute approximate surface area is 81.3 Å². The molecule has 0 spiro atoms. The Morgan fingerprint density at radius 1 is 1.46 bits per heavy atom. The lowest BCUT2D eigenvalue weighted by atomic mass is 10.1. The highest BCUT2D eigenvalue weighted by Crippen LogP contribution is 2.05. The molecule has 0 aromatic rings. The maximum absolute atomic E-state index is 11.5. The second kappa shape index (κ2) is 6.89. The summed E-state index contributed by atoms with van der Waals surface area (Å²) in [5, 5.41) is 0. The van der Waals surface area contributed by atoms with Gasteiger partial charge in [-0.1, -0.05) is 20.3 Å². The molecule has 0 radical (unpaired) electrons. The van der Waals surface area contributed by atoms with Crippen molar-refractivity contribution in [2.45, 2.75) is 33.6 Å². The van der Waals surface area contributed by atoms with Crippen molar-refractivity contribution >= 4 is 5.91 Å². The van der Waals surface area contributed by atoms with E-state index in [-0.39, 0.29) is 5.91 Å². The van der Waals surface area contributed by atoms with E-state index in [2.05, 4.69) is 13.8 Å². The maximum atomic E-state index is 11.5. The molecule has 1 atom stereocenters. The molecule has 13 heavy (non-hydrogen) atoms. The topological polar surface area (TPSA) is 46.3 Å². The smallest absolute Gasteiger partial charge is 0.223 e. The normalized spacial score (nSPS) is 12.6. The van der Waals surface area contributed by atoms with Crippen molar-refractivity contribution in [3.05, 3.63) is 0 Å². The van der Waals surface area contributed by atoms with Gasteiger partial charge in [0, 0.05) is 26.1 Å². The SMILES string of the molecule is CCC(C)CN(CC)C(=O)CCN. The van der Waals surface area contributed by atoms with Crippen LogP contribution in [0, 0.1) is 5.92 Å². The molecule has 0 saturated heterocycles. The number of carbonyl (C=O) groups excluding carboxylic acids is 1. The summed E-state index contributed by atoms with van der Waals surface area (Å²) in [7, 11) is 0. The van der Waals surface area contributed by atoms with Crippen molar-refractivity contribution in [1.82, 2.24) is 4.90 Å². The minimum atomic E-state index is 0.185. The molecule has 0 aromatic heterocycles. The molecular formula is C10H22N2O. The van der Waals surface area contributed by atoms with E-state index < -0.39 is 0 Å². The standard InChI is InChI=1S/C10H22N2O/c1-4-9(3)8-12(5-2)10(13)6-7-11/h9H,4-8,11H2,1-3H3. The zero-order valence-corrected chi connectivity index (χ0v) is 9.05. The molecule has 78 valence electrons. The summed E-state index contributed by atoms with van der Waals surface area (Å²) in [4.78, 5) is 13.4. The van der Waals surface area contributed by atoms with Crippen LogP contribution in [0.4, 0.5) is 0 Å². The van der Waals surface area contributed by atoms with Crippen LogP contribution in [0.1, 0.15) is 33.6 Å². The first-order valence-electron chi connectivity index (χ1n) is 5.13. The molecule has 3 heteroatoms. The van der Waals surface area contributed by atoms with Gasteiger partial charge in [-0.3, -0.25) is 4.79 Å². The van der Waals surface area contributed by atoms with Crippen molar-refractivity contribution in [2.24, 2.45) is 11.7 Å². The maximum Gasteiger partial charge on any atom is 0.223 e. The Hall–Kier alpha value is -0.570. The molecule has 0 aromatic carbocycles. The van der Waals surface area contributed by atoms with E-state index >= 15 is 0 Å². The van der Waals surface area contributed by atoms with Crippen LogP contribution < -0.4 is 5.73 Å². The first kappa shape index (κ1) is 12.4. The molecule has 0 rings (SSSR count). The first-order chi connectivity index (χ1) is 6.15. The molecular weight excluding hydrogens is 164 g/mol. The molecule has 1 unspecified atom stereocenters. The van der Waals surface area contributed by atoms with E-state index in [1.807, 2.05) is 11.8 Å². The summed E-state index contributed by atoms with van der Waals surface area (Å²) >= 11 is 0. The second-order valence-corrected chi connectivity index (χ2v) is 3.48. The highest BCUT2D eigenvalue weighted by Gasteiger charge is 2.12. The van der Waals surface area contributed by atoms with Gasteiger partial charge in [0.15, 0.2) is 0 Å². The molecule has 2 N–H and O–H groups in total. The monoisotopic (exact) mass is 186 g/mol. The van der Waals surface area contributed by atoms with Crippen LogP contribution in [-0.4, -0.2) is 30.4 Å². The number of hydrogen-bond donors (Lipinski definition) is 1. The largest absolute Gasteiger partial charge is 0.343 e. The summed E-state index contributed by atoms with van der Waals surface area (Å²) in [5.41, 5.74) is 5.34. The number of carbonyl (C=O) groups is 1. The van der Waals surface area contributed by atoms with Crippen LogP contribution in [-0.2, 0) is 4.79 Å². The Kier molecular flexibility index (Phi) is 6.59. The second-order valence-electron chi connectivity index (χ2n) is 3.48. The van der Waals surface area contributed by atoms with Gasteiger partial charge in [-0.05, 0) is 12.8 Å². The highest BCUT2D eigenvalue weighted by molar-refractivity contribution is 5.76. The van der Waals surface area contributed by atoms with E-state index in [1.54, 1.807) is 0 Å². The zero-order valence-electron chi connectivity index (χ0n) is 9.05. The van der Waals surface area contributed by atoms with Crippen LogP contribution in [0.15, 0.2) is 0 Å². The Balaban J connectivity index is 3.94. The first-order valence-corrected chi connectivity index (χ1v) is 5.13. The Bertz CT molecular complexity index is 148. The lowest BCUT2D eigenvalue weighted by molar-refractivity contribution is -0.131. The van der Waals surface area contributed by atoms with Crippen molar-refractivity contribution in [3.8, 4) is 0 Å². The zero-order chi connectivity index (χ0) is 10.3. The van der Waals surface area contributed by atoms with Crippen molar-refractivity contribution < 1.29 is 4.79 Å². The Morgan fingerprint density at radius 2 is 2.08 bits per heavy atom. The average Bonchev–Trinajstić information content (AvgIpc) is 2.14. The minimum absolute atomic E-state index is 0.185. The van der Waals surface area contributed by atoms with E-state index in [9.17, 15) is 4.79 Å². The summed E-state index contributed by atoms with van der Waals surface area (Å²) < 4.78 is 0. The van der Waals surface area contributed by atoms with Crippen molar-refractivity contribution in [2.75, 3.05) is 19.6 Å². The third-order valence-corrected chi connectivity index (χ3v) is 2.32. The molecule has 0 bridgehead atoms. The van der Waals surface area contributed by atoms with Crippen LogP contribution in [0.3, 0.4) is 0 Å². The highest BCUT2D eigenvalue weighted by atomic mass is 16.2. The van der Waals surface area contributed by atoms with E-state index in [1.165, 1.54) is 0 Å². The molecule has 1 amide bonds. The summed E-state index contributed by atoms with van der Waals surface area (Å²) in [6.45, 7) is 8.44.